The summed E-state index contributed by atoms with van der Waals surface area (Å²) in [6.45, 7) is -0.0511. The van der Waals surface area contributed by atoms with Crippen molar-refractivity contribution in [3.05, 3.63) is 77.6 Å². The summed E-state index contributed by atoms with van der Waals surface area (Å²) < 4.78 is 68.6. The summed E-state index contributed by atoms with van der Waals surface area (Å²) in [7, 11) is -2.44. The number of carbonyl (C=O) groups is 1. The van der Waals surface area contributed by atoms with Gasteiger partial charge in [-0.2, -0.15) is 13.2 Å². The summed E-state index contributed by atoms with van der Waals surface area (Å²) >= 11 is 0. The summed E-state index contributed by atoms with van der Waals surface area (Å²) in [6, 6.07) is 11.0. The van der Waals surface area contributed by atoms with Gasteiger partial charge in [0.2, 0.25) is 0 Å². The van der Waals surface area contributed by atoms with E-state index in [4.69, 9.17) is 4.74 Å². The minimum absolute atomic E-state index is 0.0511. The van der Waals surface area contributed by atoms with Gasteiger partial charge in [0.1, 0.15) is 5.75 Å². The molecule has 168 valence electrons. The van der Waals surface area contributed by atoms with Crippen molar-refractivity contribution in [2.75, 3.05) is 13.4 Å². The number of benzene rings is 2. The van der Waals surface area contributed by atoms with E-state index in [0.717, 1.165) is 23.4 Å². The number of sulfone groups is 1. The van der Waals surface area contributed by atoms with Gasteiger partial charge in [-0.25, -0.2) is 8.42 Å². The van der Waals surface area contributed by atoms with Crippen LogP contribution < -0.4 is 10.1 Å². The number of amides is 1. The highest BCUT2D eigenvalue weighted by molar-refractivity contribution is 7.90. The normalized spacial score (nSPS) is 11.8. The van der Waals surface area contributed by atoms with Crippen LogP contribution in [0.1, 0.15) is 21.5 Å². The van der Waals surface area contributed by atoms with Crippen molar-refractivity contribution in [2.24, 2.45) is 0 Å². The van der Waals surface area contributed by atoms with E-state index < -0.39 is 37.9 Å². The molecule has 1 N–H and O–H groups in total. The monoisotopic (exact) mass is 464 g/mol. The second kappa shape index (κ2) is 8.99. The van der Waals surface area contributed by atoms with Crippen LogP contribution in [-0.2, 0) is 22.6 Å². The number of nitrogens with one attached hydrogen (secondary N) is 1. The number of methoxy groups -OCH3 is 1. The maximum atomic E-state index is 13.2. The van der Waals surface area contributed by atoms with Gasteiger partial charge in [-0.05, 0) is 41.5 Å². The van der Waals surface area contributed by atoms with E-state index in [1.54, 1.807) is 24.4 Å². The van der Waals surface area contributed by atoms with Crippen LogP contribution in [0.15, 0.2) is 65.8 Å². The molecule has 0 bridgehead atoms. The van der Waals surface area contributed by atoms with Gasteiger partial charge in [0.25, 0.3) is 5.91 Å². The first kappa shape index (κ1) is 23.3. The van der Waals surface area contributed by atoms with Gasteiger partial charge in [0.05, 0.1) is 17.6 Å². The minimum atomic E-state index is -4.81. The maximum absolute atomic E-state index is 13.2. The minimum Gasteiger partial charge on any atom is -0.496 e. The van der Waals surface area contributed by atoms with Crippen molar-refractivity contribution in [3.8, 4) is 16.9 Å². The van der Waals surface area contributed by atoms with Crippen molar-refractivity contribution >= 4 is 15.7 Å². The molecule has 0 aliphatic carbocycles. The van der Waals surface area contributed by atoms with Crippen LogP contribution in [0.5, 0.6) is 5.75 Å². The second-order valence-corrected chi connectivity index (χ2v) is 8.95. The van der Waals surface area contributed by atoms with E-state index in [1.807, 2.05) is 12.1 Å². The van der Waals surface area contributed by atoms with Crippen molar-refractivity contribution in [1.82, 2.24) is 10.3 Å². The predicted octanol–water partition coefficient (Wildman–Crippen LogP) is 4.11. The smallest absolute Gasteiger partial charge is 0.416 e. The van der Waals surface area contributed by atoms with Crippen LogP contribution in [0.3, 0.4) is 0 Å². The quantitative estimate of drug-likeness (QED) is 0.594. The molecule has 0 atom stereocenters. The fraction of sp³-hybridized carbons (Fsp3) is 0.182. The van der Waals surface area contributed by atoms with E-state index >= 15 is 0 Å². The van der Waals surface area contributed by atoms with Crippen LogP contribution in [0.4, 0.5) is 13.2 Å². The SMILES string of the molecule is COc1ccccc1-c1ccncc1CNC(=O)c1cc(C(F)(F)F)cc(S(C)(=O)=O)c1. The van der Waals surface area contributed by atoms with E-state index in [-0.39, 0.29) is 6.54 Å². The number of hydrogen-bond acceptors (Lipinski definition) is 5. The van der Waals surface area contributed by atoms with Crippen molar-refractivity contribution in [1.29, 1.82) is 0 Å². The molecule has 3 rings (SSSR count). The van der Waals surface area contributed by atoms with Gasteiger partial charge in [-0.15, -0.1) is 0 Å². The Morgan fingerprint density at radius 2 is 1.81 bits per heavy atom. The van der Waals surface area contributed by atoms with Gasteiger partial charge in [-0.3, -0.25) is 9.78 Å². The number of aromatic nitrogens is 1. The van der Waals surface area contributed by atoms with Gasteiger partial charge < -0.3 is 10.1 Å². The first-order valence-electron chi connectivity index (χ1n) is 9.27. The molecule has 0 saturated heterocycles. The molecule has 6 nitrogen and oxygen atoms in total. The average Bonchev–Trinajstić information content (AvgIpc) is 2.76. The number of pyridine rings is 1. The summed E-state index contributed by atoms with van der Waals surface area (Å²) in [5, 5.41) is 2.54. The molecule has 2 aromatic carbocycles. The molecule has 10 heteroatoms. The molecule has 3 aromatic rings. The topological polar surface area (TPSA) is 85.4 Å². The Kier molecular flexibility index (Phi) is 6.54. The van der Waals surface area contributed by atoms with Crippen molar-refractivity contribution in [2.45, 2.75) is 17.6 Å². The third-order valence-electron chi connectivity index (χ3n) is 4.66. The van der Waals surface area contributed by atoms with Crippen LogP contribution in [-0.4, -0.2) is 32.7 Å². The summed E-state index contributed by atoms with van der Waals surface area (Å²) in [5.41, 5.74) is 0.434. The molecule has 0 aliphatic rings. The summed E-state index contributed by atoms with van der Waals surface area (Å²) in [6.07, 6.45) is -0.941. The first-order chi connectivity index (χ1) is 15.0. The zero-order chi connectivity index (χ0) is 23.5. The highest BCUT2D eigenvalue weighted by Gasteiger charge is 2.32. The maximum Gasteiger partial charge on any atom is 0.416 e. The Balaban J connectivity index is 1.92. The molecule has 1 aromatic heterocycles. The van der Waals surface area contributed by atoms with Gasteiger partial charge in [-0.1, -0.05) is 18.2 Å². The average molecular weight is 464 g/mol. The van der Waals surface area contributed by atoms with Crippen LogP contribution in [0, 0.1) is 0 Å². The molecule has 0 spiro atoms. The molecule has 0 saturated carbocycles. The number of rotatable bonds is 6. The molecule has 32 heavy (non-hydrogen) atoms. The third-order valence-corrected chi connectivity index (χ3v) is 5.76. The third kappa shape index (κ3) is 5.25. The lowest BCUT2D eigenvalue weighted by molar-refractivity contribution is -0.137. The van der Waals surface area contributed by atoms with Crippen molar-refractivity contribution < 1.29 is 31.1 Å². The fourth-order valence-corrected chi connectivity index (χ4v) is 3.77. The van der Waals surface area contributed by atoms with E-state index in [9.17, 15) is 26.4 Å². The van der Waals surface area contributed by atoms with Gasteiger partial charge >= 0.3 is 6.18 Å². The number of alkyl halides is 3. The zero-order valence-corrected chi connectivity index (χ0v) is 17.9. The molecule has 0 unspecified atom stereocenters. The number of carbonyl (C=O) groups excluding carboxylic acids is 1. The van der Waals surface area contributed by atoms with E-state index in [2.05, 4.69) is 10.3 Å². The van der Waals surface area contributed by atoms with E-state index in [1.165, 1.54) is 13.3 Å². The lowest BCUT2D eigenvalue weighted by Gasteiger charge is -2.14. The Bertz CT molecular complexity index is 1260. The van der Waals surface area contributed by atoms with Gasteiger partial charge in [0, 0.05) is 36.3 Å². The molecule has 1 heterocycles. The predicted molar refractivity (Wildman–Crippen MR) is 112 cm³/mol. The largest absolute Gasteiger partial charge is 0.496 e. The number of hydrogen-bond donors (Lipinski definition) is 1. The number of nitrogens with zero attached hydrogens (tertiary/aromatic N) is 1. The number of ether oxygens (including phenoxy) is 1. The highest BCUT2D eigenvalue weighted by atomic mass is 32.2. The molecular weight excluding hydrogens is 445 g/mol. The Hall–Kier alpha value is -3.40. The fourth-order valence-electron chi connectivity index (χ4n) is 3.08. The molecular formula is C22H19F3N2O4S. The summed E-state index contributed by atoms with van der Waals surface area (Å²) in [4.78, 5) is 16.1. The molecule has 0 radical (unpaired) electrons. The van der Waals surface area contributed by atoms with Crippen LogP contribution in [0.2, 0.25) is 0 Å². The van der Waals surface area contributed by atoms with Crippen LogP contribution >= 0.6 is 0 Å². The lowest BCUT2D eigenvalue weighted by Crippen LogP contribution is -2.24. The lowest BCUT2D eigenvalue weighted by atomic mass is 10.0. The van der Waals surface area contributed by atoms with Crippen molar-refractivity contribution in [3.63, 3.8) is 0 Å². The van der Waals surface area contributed by atoms with E-state index in [0.29, 0.717) is 23.4 Å². The second-order valence-electron chi connectivity index (χ2n) is 6.93. The Labute approximate surface area is 183 Å². The summed E-state index contributed by atoms with van der Waals surface area (Å²) in [5.74, 6) is -0.252. The van der Waals surface area contributed by atoms with Crippen LogP contribution in [0.25, 0.3) is 11.1 Å². The molecule has 1 amide bonds. The zero-order valence-electron chi connectivity index (χ0n) is 17.1. The number of halogens is 3. The molecule has 0 fully saturated rings. The Morgan fingerprint density at radius 1 is 1.09 bits per heavy atom. The standard InChI is InChI=1S/C22H19F3N2O4S/c1-31-20-6-4-3-5-19(20)18-7-8-26-12-15(18)13-27-21(28)14-9-16(22(23,24)25)11-17(10-14)32(2,29)30/h3-12H,13H2,1-2H3,(H,27,28). The number of para-hydroxylation sites is 1. The Morgan fingerprint density at radius 3 is 2.47 bits per heavy atom. The first-order valence-corrected chi connectivity index (χ1v) is 11.2. The molecule has 0 aliphatic heterocycles. The highest BCUT2D eigenvalue weighted by Crippen LogP contribution is 2.33. The van der Waals surface area contributed by atoms with Gasteiger partial charge in [0.15, 0.2) is 9.84 Å².